The number of benzene rings is 1. The number of nitrogens with zero attached hydrogens (tertiary/aromatic N) is 3. The fraction of sp³-hybridized carbons (Fsp3) is 0.278. The van der Waals surface area contributed by atoms with Crippen LogP contribution in [0.2, 0.25) is 0 Å². The van der Waals surface area contributed by atoms with E-state index in [1.165, 1.54) is 12.1 Å². The molecular weight excluding hydrogens is 336 g/mol. The highest BCUT2D eigenvalue weighted by Gasteiger charge is 2.18. The summed E-state index contributed by atoms with van der Waals surface area (Å²) in [4.78, 5) is 20.2. The average Bonchev–Trinajstić information content (AvgIpc) is 2.98. The van der Waals surface area contributed by atoms with Gasteiger partial charge in [0.1, 0.15) is 0 Å². The molecule has 1 saturated heterocycles. The third kappa shape index (κ3) is 3.12. The number of aromatic amines is 1. The number of hydrogen-bond acceptors (Lipinski definition) is 6. The van der Waals surface area contributed by atoms with Crippen LogP contribution in [0.5, 0.6) is 5.88 Å². The molecule has 1 fully saturated rings. The molecule has 0 saturated carbocycles. The van der Waals surface area contributed by atoms with E-state index in [4.69, 9.17) is 4.74 Å². The van der Waals surface area contributed by atoms with Gasteiger partial charge in [0.25, 0.3) is 5.69 Å². The summed E-state index contributed by atoms with van der Waals surface area (Å²) >= 11 is 0. The van der Waals surface area contributed by atoms with Crippen molar-refractivity contribution in [3.63, 3.8) is 0 Å². The van der Waals surface area contributed by atoms with E-state index in [1.807, 2.05) is 12.1 Å². The molecule has 1 aromatic carbocycles. The summed E-state index contributed by atoms with van der Waals surface area (Å²) in [6.45, 7) is 4.08. The Labute approximate surface area is 149 Å². The van der Waals surface area contributed by atoms with Crippen molar-refractivity contribution in [1.82, 2.24) is 14.9 Å². The minimum absolute atomic E-state index is 0.0262. The maximum Gasteiger partial charge on any atom is 0.270 e. The normalized spacial score (nSPS) is 15.4. The molecule has 8 nitrogen and oxygen atoms in total. The van der Waals surface area contributed by atoms with Crippen molar-refractivity contribution >= 4 is 16.6 Å². The van der Waals surface area contributed by atoms with E-state index in [2.05, 4.69) is 14.9 Å². The predicted octanol–water partition coefficient (Wildman–Crippen LogP) is 2.68. The summed E-state index contributed by atoms with van der Waals surface area (Å²) in [5.41, 5.74) is 2.71. The summed E-state index contributed by atoms with van der Waals surface area (Å²) in [6, 6.07) is 8.24. The molecule has 1 aliphatic rings. The Hall–Kier alpha value is -2.97. The highest BCUT2D eigenvalue weighted by Crippen LogP contribution is 2.37. The maximum absolute atomic E-state index is 11.0. The molecule has 1 aliphatic heterocycles. The van der Waals surface area contributed by atoms with Crippen molar-refractivity contribution in [2.75, 3.05) is 26.3 Å². The number of aromatic nitrogens is 2. The minimum atomic E-state index is -0.452. The molecule has 0 unspecified atom stereocenters. The summed E-state index contributed by atoms with van der Waals surface area (Å²) < 4.78 is 5.35. The van der Waals surface area contributed by atoms with E-state index < -0.39 is 4.92 Å². The van der Waals surface area contributed by atoms with Crippen LogP contribution in [0.3, 0.4) is 0 Å². The van der Waals surface area contributed by atoms with Crippen LogP contribution in [0, 0.1) is 10.1 Å². The van der Waals surface area contributed by atoms with E-state index in [0.717, 1.165) is 38.4 Å². The lowest BCUT2D eigenvalue weighted by molar-refractivity contribution is -0.384. The topological polar surface area (TPSA) is 105 Å². The van der Waals surface area contributed by atoms with E-state index in [0.29, 0.717) is 22.2 Å². The third-order valence-corrected chi connectivity index (χ3v) is 4.56. The van der Waals surface area contributed by atoms with Crippen LogP contribution < -0.4 is 0 Å². The first-order chi connectivity index (χ1) is 12.6. The van der Waals surface area contributed by atoms with Gasteiger partial charge < -0.3 is 14.8 Å². The van der Waals surface area contributed by atoms with Crippen LogP contribution in [-0.4, -0.2) is 51.2 Å². The molecule has 2 aromatic heterocycles. The quantitative estimate of drug-likeness (QED) is 0.551. The molecular formula is C18H18N4O4. The average molecular weight is 354 g/mol. The lowest BCUT2D eigenvalue weighted by Gasteiger charge is -2.26. The molecule has 3 aromatic rings. The van der Waals surface area contributed by atoms with Crippen LogP contribution in [0.4, 0.5) is 5.69 Å². The number of H-pyrrole nitrogens is 1. The SMILES string of the molecule is O=[N+]([O-])c1ccc2[nH]c(O)c(-c3ccc(CN4CCOCC4)cn3)c2c1. The number of nitro groups is 1. The second-order valence-electron chi connectivity index (χ2n) is 6.28. The summed E-state index contributed by atoms with van der Waals surface area (Å²) in [5.74, 6) is -0.0473. The zero-order valence-electron chi connectivity index (χ0n) is 14.0. The van der Waals surface area contributed by atoms with Gasteiger partial charge in [0.15, 0.2) is 5.88 Å². The van der Waals surface area contributed by atoms with E-state index in [9.17, 15) is 15.2 Å². The van der Waals surface area contributed by atoms with Crippen molar-refractivity contribution < 1.29 is 14.8 Å². The van der Waals surface area contributed by atoms with Gasteiger partial charge in [-0.2, -0.15) is 0 Å². The zero-order valence-corrected chi connectivity index (χ0v) is 14.0. The van der Waals surface area contributed by atoms with Crippen molar-refractivity contribution in [2.45, 2.75) is 6.54 Å². The highest BCUT2D eigenvalue weighted by molar-refractivity contribution is 5.99. The Morgan fingerprint density at radius 1 is 1.27 bits per heavy atom. The first-order valence-electron chi connectivity index (χ1n) is 8.36. The van der Waals surface area contributed by atoms with Crippen molar-refractivity contribution in [3.8, 4) is 17.1 Å². The second kappa shape index (κ2) is 6.74. The molecule has 134 valence electrons. The molecule has 2 N–H and O–H groups in total. The van der Waals surface area contributed by atoms with Gasteiger partial charge >= 0.3 is 0 Å². The molecule has 0 bridgehead atoms. The predicted molar refractivity (Wildman–Crippen MR) is 95.9 cm³/mol. The van der Waals surface area contributed by atoms with Gasteiger partial charge in [0.2, 0.25) is 0 Å². The van der Waals surface area contributed by atoms with Crippen molar-refractivity contribution in [1.29, 1.82) is 0 Å². The number of ether oxygens (including phenoxy) is 1. The van der Waals surface area contributed by atoms with E-state index >= 15 is 0 Å². The van der Waals surface area contributed by atoms with E-state index in [-0.39, 0.29) is 11.6 Å². The molecule has 0 radical (unpaired) electrons. The fourth-order valence-corrected chi connectivity index (χ4v) is 3.22. The molecule has 0 aliphatic carbocycles. The van der Waals surface area contributed by atoms with Gasteiger partial charge in [0, 0.05) is 48.9 Å². The number of hydrogen-bond donors (Lipinski definition) is 2. The van der Waals surface area contributed by atoms with Crippen molar-refractivity contribution in [2.24, 2.45) is 0 Å². The smallest absolute Gasteiger partial charge is 0.270 e. The summed E-state index contributed by atoms with van der Waals surface area (Å²) in [5, 5.41) is 21.9. The molecule has 0 amide bonds. The number of rotatable bonds is 4. The fourth-order valence-electron chi connectivity index (χ4n) is 3.22. The first kappa shape index (κ1) is 16.5. The van der Waals surface area contributed by atoms with Crippen molar-refractivity contribution in [3.05, 3.63) is 52.2 Å². The molecule has 8 heteroatoms. The molecule has 0 atom stereocenters. The van der Waals surface area contributed by atoms with E-state index in [1.54, 1.807) is 12.3 Å². The monoisotopic (exact) mass is 354 g/mol. The van der Waals surface area contributed by atoms with Gasteiger partial charge in [-0.25, -0.2) is 0 Å². The Kier molecular flexibility index (Phi) is 4.27. The molecule has 4 rings (SSSR count). The molecule has 26 heavy (non-hydrogen) atoms. The highest BCUT2D eigenvalue weighted by atomic mass is 16.6. The van der Waals surface area contributed by atoms with Gasteiger partial charge in [-0.15, -0.1) is 0 Å². The number of fused-ring (bicyclic) bond motifs is 1. The Bertz CT molecular complexity index is 946. The number of non-ortho nitro benzene ring substituents is 1. The van der Waals surface area contributed by atoms with Gasteiger partial charge in [-0.05, 0) is 17.7 Å². The zero-order chi connectivity index (χ0) is 18.1. The number of nitrogens with one attached hydrogen (secondary N) is 1. The third-order valence-electron chi connectivity index (χ3n) is 4.56. The maximum atomic E-state index is 11.0. The summed E-state index contributed by atoms with van der Waals surface area (Å²) in [6.07, 6.45) is 1.78. The van der Waals surface area contributed by atoms with Gasteiger partial charge in [-0.3, -0.25) is 20.0 Å². The van der Waals surface area contributed by atoms with Crippen LogP contribution in [0.1, 0.15) is 5.56 Å². The number of pyridine rings is 1. The summed E-state index contributed by atoms with van der Waals surface area (Å²) in [7, 11) is 0. The Balaban J connectivity index is 1.65. The lowest BCUT2D eigenvalue weighted by atomic mass is 10.1. The van der Waals surface area contributed by atoms with Crippen LogP contribution in [-0.2, 0) is 11.3 Å². The molecule has 0 spiro atoms. The Morgan fingerprint density at radius 3 is 2.77 bits per heavy atom. The van der Waals surface area contributed by atoms with Crippen LogP contribution in [0.15, 0.2) is 36.5 Å². The molecule has 3 heterocycles. The minimum Gasteiger partial charge on any atom is -0.494 e. The van der Waals surface area contributed by atoms with Gasteiger partial charge in [0.05, 0.1) is 29.4 Å². The van der Waals surface area contributed by atoms with Crippen LogP contribution >= 0.6 is 0 Å². The van der Waals surface area contributed by atoms with Crippen LogP contribution in [0.25, 0.3) is 22.2 Å². The number of nitro benzene ring substituents is 1. The second-order valence-corrected chi connectivity index (χ2v) is 6.28. The van der Waals surface area contributed by atoms with Gasteiger partial charge in [-0.1, -0.05) is 6.07 Å². The first-order valence-corrected chi connectivity index (χ1v) is 8.36. The standard InChI is InChI=1S/C18H18N4O4/c23-18-17(14-9-13(22(24)25)2-4-15(14)20-18)16-3-1-12(10-19-16)11-21-5-7-26-8-6-21/h1-4,9-10,20,23H,5-8,11H2. The lowest BCUT2D eigenvalue weighted by Crippen LogP contribution is -2.35. The largest absolute Gasteiger partial charge is 0.494 e. The number of morpholine rings is 1. The Morgan fingerprint density at radius 2 is 2.08 bits per heavy atom. The number of aromatic hydroxyl groups is 1.